The van der Waals surface area contributed by atoms with Gasteiger partial charge < -0.3 is 24.4 Å². The summed E-state index contributed by atoms with van der Waals surface area (Å²) >= 11 is 0. The Hall–Kier alpha value is -5.77. The van der Waals surface area contributed by atoms with Crippen LogP contribution in [0.2, 0.25) is 0 Å². The number of anilines is 1. The average molecular weight is 965 g/mol. The minimum absolute atomic E-state index is 0.143. The summed E-state index contributed by atoms with van der Waals surface area (Å²) in [5, 5.41) is 2.82. The molecule has 0 radical (unpaired) electrons. The number of amides is 1. The Labute approximate surface area is 410 Å². The SMILES string of the molecule is C1CCC2=NCCC[NH+]2CC1.C1CCC2=NCCC[NH+]2CC1.O=C(Nc1ncnc2c1ncn2[C@H]1CN(C(c2ccccc2)(c2ccccc2)c2ccccc2)C[C@@H](CP(=O)([O-])[O-])O1)c1ccccc1. The van der Waals surface area contributed by atoms with Gasteiger partial charge in [0.1, 0.15) is 12.6 Å². The number of hydrogen-bond donors (Lipinski definition) is 3. The number of quaternary nitrogens is 2. The van der Waals surface area contributed by atoms with Crippen molar-refractivity contribution in [3.05, 3.63) is 156 Å². The normalized spacial score (nSPS) is 21.9. The molecule has 2 unspecified atom stereocenters. The van der Waals surface area contributed by atoms with Crippen molar-refractivity contribution >= 4 is 42.2 Å². The number of hydrogen-bond acceptors (Lipinski definition) is 11. The highest BCUT2D eigenvalue weighted by Crippen LogP contribution is 2.45. The summed E-state index contributed by atoms with van der Waals surface area (Å²) in [5.74, 6) is 2.82. The molecule has 0 bridgehead atoms. The number of benzene rings is 4. The van der Waals surface area contributed by atoms with E-state index in [1.54, 1.807) is 38.6 Å². The number of nitrogens with one attached hydrogen (secondary N) is 3. The fourth-order valence-corrected chi connectivity index (χ4v) is 11.5. The molecule has 15 nitrogen and oxygen atoms in total. The zero-order valence-electron chi connectivity index (χ0n) is 39.9. The van der Waals surface area contributed by atoms with Gasteiger partial charge in [-0.1, -0.05) is 117 Å². The zero-order valence-corrected chi connectivity index (χ0v) is 40.8. The molecule has 6 aromatic rings. The number of morpholine rings is 1. The van der Waals surface area contributed by atoms with Crippen LogP contribution in [0.3, 0.4) is 0 Å². The monoisotopic (exact) mass is 964 g/mol. The highest BCUT2D eigenvalue weighted by atomic mass is 31.2. The largest absolute Gasteiger partial charge is 0.811 e. The van der Waals surface area contributed by atoms with Gasteiger partial charge in [-0.25, -0.2) is 24.9 Å². The predicted octanol–water partition coefficient (Wildman–Crippen LogP) is 4.68. The minimum atomic E-state index is -4.98. The molecular formula is C54H65N10O5P. The molecule has 11 rings (SSSR count). The van der Waals surface area contributed by atoms with Crippen molar-refractivity contribution in [2.45, 2.75) is 82.1 Å². The van der Waals surface area contributed by atoms with Crippen molar-refractivity contribution in [2.75, 3.05) is 63.8 Å². The van der Waals surface area contributed by atoms with Gasteiger partial charge >= 0.3 is 0 Å². The lowest BCUT2D eigenvalue weighted by atomic mass is 9.75. The van der Waals surface area contributed by atoms with Crippen LogP contribution in [0.25, 0.3) is 11.2 Å². The Kier molecular flexibility index (Phi) is 16.5. The molecule has 0 spiro atoms. The van der Waals surface area contributed by atoms with Crippen LogP contribution in [0.4, 0.5) is 5.82 Å². The molecule has 0 saturated carbocycles. The van der Waals surface area contributed by atoms with Crippen LogP contribution < -0.4 is 24.9 Å². The van der Waals surface area contributed by atoms with Crippen LogP contribution in [0.5, 0.6) is 0 Å². The van der Waals surface area contributed by atoms with E-state index >= 15 is 0 Å². The molecule has 4 atom stereocenters. The zero-order chi connectivity index (χ0) is 48.2. The van der Waals surface area contributed by atoms with Crippen LogP contribution in [-0.4, -0.2) is 107 Å². The second-order valence-electron chi connectivity index (χ2n) is 18.8. The molecule has 2 aromatic heterocycles. The van der Waals surface area contributed by atoms with Gasteiger partial charge in [0.05, 0.1) is 44.1 Å². The van der Waals surface area contributed by atoms with Crippen LogP contribution >= 0.6 is 7.60 Å². The molecular weight excluding hydrogens is 900 g/mol. The lowest BCUT2D eigenvalue weighted by molar-refractivity contribution is -0.809. The first-order valence-electron chi connectivity index (χ1n) is 25.1. The van der Waals surface area contributed by atoms with Gasteiger partial charge in [0.15, 0.2) is 28.7 Å². The maximum absolute atomic E-state index is 13.0. The second kappa shape index (κ2) is 23.4. The number of nitrogens with zero attached hydrogens (tertiary/aromatic N) is 7. The summed E-state index contributed by atoms with van der Waals surface area (Å²) in [4.78, 5) is 65.5. The molecule has 3 N–H and O–H groups in total. The number of ether oxygens (including phenoxy) is 1. The summed E-state index contributed by atoms with van der Waals surface area (Å²) in [7, 11) is -4.98. The van der Waals surface area contributed by atoms with Crippen molar-refractivity contribution in [3.8, 4) is 0 Å². The highest BCUT2D eigenvalue weighted by molar-refractivity contribution is 7.48. The second-order valence-corrected chi connectivity index (χ2v) is 20.4. The number of imidazole rings is 1. The summed E-state index contributed by atoms with van der Waals surface area (Å²) in [6.07, 6.45) is 13.9. The Bertz CT molecular complexity index is 2600. The van der Waals surface area contributed by atoms with E-state index in [0.717, 1.165) is 29.8 Å². The number of aromatic nitrogens is 4. The first kappa shape index (κ1) is 49.2. The van der Waals surface area contributed by atoms with Crippen molar-refractivity contribution in [1.29, 1.82) is 0 Å². The number of rotatable bonds is 9. The molecule has 3 saturated heterocycles. The first-order valence-corrected chi connectivity index (χ1v) is 26.9. The summed E-state index contributed by atoms with van der Waals surface area (Å²) < 4.78 is 20.3. The van der Waals surface area contributed by atoms with E-state index in [4.69, 9.17) is 4.74 Å². The fourth-order valence-electron chi connectivity index (χ4n) is 10.8. The predicted molar refractivity (Wildman–Crippen MR) is 269 cm³/mol. The molecule has 1 amide bonds. The average Bonchev–Trinajstić information content (AvgIpc) is 3.51. The molecule has 70 heavy (non-hydrogen) atoms. The molecule has 3 fully saturated rings. The first-order chi connectivity index (χ1) is 34.3. The molecule has 16 heteroatoms. The van der Waals surface area contributed by atoms with Crippen LogP contribution in [0, 0.1) is 0 Å². The Morgan fingerprint density at radius 2 is 1.17 bits per heavy atom. The third-order valence-corrected chi connectivity index (χ3v) is 14.9. The molecule has 366 valence electrons. The maximum Gasteiger partial charge on any atom is 0.256 e. The van der Waals surface area contributed by atoms with E-state index in [0.29, 0.717) is 16.7 Å². The van der Waals surface area contributed by atoms with Gasteiger partial charge in [0, 0.05) is 63.6 Å². The van der Waals surface area contributed by atoms with Crippen molar-refractivity contribution in [3.63, 3.8) is 0 Å². The topological polar surface area (TPSA) is 182 Å². The fraction of sp³-hybridized carbons (Fsp3) is 0.407. The van der Waals surface area contributed by atoms with Gasteiger partial charge in [-0.2, -0.15) is 0 Å². The van der Waals surface area contributed by atoms with E-state index < -0.39 is 31.6 Å². The maximum atomic E-state index is 13.0. The molecule has 0 aliphatic carbocycles. The molecule has 4 aromatic carbocycles. The Morgan fingerprint density at radius 3 is 1.70 bits per heavy atom. The van der Waals surface area contributed by atoms with E-state index in [-0.39, 0.29) is 24.8 Å². The molecule has 5 aliphatic rings. The molecule has 5 aliphatic heterocycles. The van der Waals surface area contributed by atoms with Gasteiger partial charge in [0.25, 0.3) is 5.91 Å². The third kappa shape index (κ3) is 11.9. The Balaban J connectivity index is 0.000000223. The highest BCUT2D eigenvalue weighted by Gasteiger charge is 2.46. The van der Waals surface area contributed by atoms with E-state index in [2.05, 4.69) is 35.2 Å². The lowest BCUT2D eigenvalue weighted by Crippen LogP contribution is -3.15. The van der Waals surface area contributed by atoms with Gasteiger partial charge in [0.2, 0.25) is 0 Å². The third-order valence-electron chi connectivity index (χ3n) is 14.0. The van der Waals surface area contributed by atoms with Gasteiger partial charge in [-0.05, 0) is 67.3 Å². The van der Waals surface area contributed by atoms with Crippen molar-refractivity contribution < 1.29 is 33.7 Å². The Morgan fingerprint density at radius 1 is 0.657 bits per heavy atom. The quantitative estimate of drug-likeness (QED) is 0.137. The molecule has 7 heterocycles. The number of carbonyl (C=O) groups is 1. The van der Waals surface area contributed by atoms with Crippen LogP contribution in [0.15, 0.2) is 144 Å². The smallest absolute Gasteiger partial charge is 0.256 e. The van der Waals surface area contributed by atoms with Crippen LogP contribution in [0.1, 0.15) is 97.5 Å². The van der Waals surface area contributed by atoms with Gasteiger partial charge in [-0.3, -0.25) is 24.1 Å². The standard InChI is InChI=1S/C36H33N6O5P.2C9H16N2/c43-35(26-13-5-1-6-14-26)40-33-32-34(38-24-37-33)42(25-39-32)31-22-41(21-30(47-31)23-48(44,45)46)36(27-15-7-2-8-16-27,28-17-9-3-10-18-28)29-19-11-4-12-20-29;2*1-2-5-9-10-6-4-8-11(9)7-3-1/h1-20,24-25,30-31H,21-23H2,(H2,44,45,46)(H,37,38,40,43);2*1-8H2/t30-,31+;;/m0../s1. The van der Waals surface area contributed by atoms with Crippen LogP contribution in [-0.2, 0) is 14.8 Å². The van der Waals surface area contributed by atoms with Gasteiger partial charge in [-0.15, -0.1) is 0 Å². The minimum Gasteiger partial charge on any atom is -0.811 e. The van der Waals surface area contributed by atoms with Crippen molar-refractivity contribution in [1.82, 2.24) is 24.4 Å². The number of carbonyl (C=O) groups excluding carboxylic acids is 1. The van der Waals surface area contributed by atoms with E-state index in [9.17, 15) is 19.1 Å². The number of aliphatic imine (C=N–C) groups is 2. The summed E-state index contributed by atoms with van der Waals surface area (Å²) in [5.41, 5.74) is 3.12. The summed E-state index contributed by atoms with van der Waals surface area (Å²) in [6.45, 7) is 7.98. The van der Waals surface area contributed by atoms with E-state index in [1.807, 2.05) is 97.1 Å². The number of fused-ring (bicyclic) bond motifs is 3. The lowest BCUT2D eigenvalue weighted by Gasteiger charge is -2.51. The van der Waals surface area contributed by atoms with Crippen molar-refractivity contribution in [2.24, 2.45) is 9.98 Å². The number of amidine groups is 2. The van der Waals surface area contributed by atoms with E-state index in [1.165, 1.54) is 115 Å². The summed E-state index contributed by atoms with van der Waals surface area (Å²) in [6, 6.07) is 38.7.